The molecule has 0 amide bonds. The number of hydrogen-bond acceptors (Lipinski definition) is 5. The summed E-state index contributed by atoms with van der Waals surface area (Å²) in [6.07, 6.45) is 1.56. The van der Waals surface area contributed by atoms with Gasteiger partial charge in [0.2, 0.25) is 0 Å². The number of carbonyl (C=O) groups is 1. The highest BCUT2D eigenvalue weighted by atomic mass is 35.5. The summed E-state index contributed by atoms with van der Waals surface area (Å²) in [5.74, 6) is -0.854. The molecule has 0 fully saturated rings. The minimum absolute atomic E-state index is 0.103. The van der Waals surface area contributed by atoms with Gasteiger partial charge in [-0.3, -0.25) is 4.98 Å². The molecule has 76 valence electrons. The molecule has 2 aromatic rings. The molecule has 0 saturated carbocycles. The van der Waals surface area contributed by atoms with E-state index in [2.05, 4.69) is 15.0 Å². The highest BCUT2D eigenvalue weighted by Gasteiger charge is 2.11. The largest absolute Gasteiger partial charge is 0.477 e. The van der Waals surface area contributed by atoms with Crippen LogP contribution in [0.25, 0.3) is 10.7 Å². The average Bonchev–Trinajstić information content (AvgIpc) is 2.69. The molecule has 0 radical (unpaired) electrons. The third kappa shape index (κ3) is 2.11. The van der Waals surface area contributed by atoms with E-state index in [9.17, 15) is 4.79 Å². The van der Waals surface area contributed by atoms with Crippen molar-refractivity contribution in [1.82, 2.24) is 15.0 Å². The first-order chi connectivity index (χ1) is 7.16. The van der Waals surface area contributed by atoms with Crippen molar-refractivity contribution >= 4 is 28.9 Å². The lowest BCUT2D eigenvalue weighted by Gasteiger charge is -1.98. The Labute approximate surface area is 93.4 Å². The molecule has 2 rings (SSSR count). The van der Waals surface area contributed by atoms with Crippen LogP contribution in [-0.4, -0.2) is 26.0 Å². The molecule has 2 heterocycles. The Balaban J connectivity index is 2.54. The Hall–Kier alpha value is -1.53. The normalized spacial score (nSPS) is 10.2. The van der Waals surface area contributed by atoms with Crippen molar-refractivity contribution < 1.29 is 9.90 Å². The van der Waals surface area contributed by atoms with Crippen LogP contribution in [0, 0.1) is 0 Å². The van der Waals surface area contributed by atoms with Crippen molar-refractivity contribution in [2.45, 2.75) is 0 Å². The van der Waals surface area contributed by atoms with E-state index in [-0.39, 0.29) is 16.7 Å². The number of hydrogen-bond donors (Lipinski definition) is 1. The number of carboxylic acids is 1. The van der Waals surface area contributed by atoms with Crippen LogP contribution in [0.3, 0.4) is 0 Å². The van der Waals surface area contributed by atoms with E-state index in [1.807, 2.05) is 0 Å². The summed E-state index contributed by atoms with van der Waals surface area (Å²) >= 11 is 7.00. The van der Waals surface area contributed by atoms with E-state index in [1.54, 1.807) is 11.7 Å². The molecule has 0 spiro atoms. The summed E-state index contributed by atoms with van der Waals surface area (Å²) < 4.78 is 0. The molecule has 0 aliphatic rings. The Morgan fingerprint density at radius 2 is 2.27 bits per heavy atom. The maximum atomic E-state index is 10.7. The molecule has 5 nitrogen and oxygen atoms in total. The fourth-order valence-corrected chi connectivity index (χ4v) is 1.70. The summed E-state index contributed by atoms with van der Waals surface area (Å²) in [7, 11) is 0. The predicted octanol–water partition coefficient (Wildman–Crippen LogP) is 1.95. The van der Waals surface area contributed by atoms with Gasteiger partial charge in [-0.05, 0) is 0 Å². The Morgan fingerprint density at radius 1 is 1.47 bits per heavy atom. The molecule has 2 aromatic heterocycles. The molecule has 15 heavy (non-hydrogen) atoms. The maximum Gasteiger partial charge on any atom is 0.354 e. The number of carboxylic acid groups (broad SMARTS) is 1. The molecule has 1 N–H and O–H groups in total. The van der Waals surface area contributed by atoms with E-state index in [0.717, 1.165) is 0 Å². The van der Waals surface area contributed by atoms with Crippen molar-refractivity contribution in [3.8, 4) is 10.7 Å². The van der Waals surface area contributed by atoms with Gasteiger partial charge in [0.05, 0.1) is 10.4 Å². The molecule has 0 aliphatic heterocycles. The molecular formula is C8H4ClN3O2S. The van der Waals surface area contributed by atoms with Crippen molar-refractivity contribution in [2.24, 2.45) is 0 Å². The molecule has 0 atom stereocenters. The maximum absolute atomic E-state index is 10.7. The number of halogens is 1. The zero-order valence-electron chi connectivity index (χ0n) is 7.22. The third-order valence-corrected chi connectivity index (χ3v) is 2.53. The van der Waals surface area contributed by atoms with Crippen molar-refractivity contribution in [3.05, 3.63) is 28.6 Å². The fourth-order valence-electron chi connectivity index (χ4n) is 0.964. The SMILES string of the molecule is O=C(O)c1cc(Cl)nc(-c2cncs2)n1. The van der Waals surface area contributed by atoms with Crippen LogP contribution >= 0.6 is 22.9 Å². The van der Waals surface area contributed by atoms with Crippen LogP contribution in [-0.2, 0) is 0 Å². The van der Waals surface area contributed by atoms with Gasteiger partial charge in [-0.15, -0.1) is 11.3 Å². The lowest BCUT2D eigenvalue weighted by molar-refractivity contribution is 0.0690. The van der Waals surface area contributed by atoms with Crippen LogP contribution in [0.5, 0.6) is 0 Å². The predicted molar refractivity (Wildman–Crippen MR) is 55.1 cm³/mol. The fraction of sp³-hybridized carbons (Fsp3) is 0. The minimum Gasteiger partial charge on any atom is -0.477 e. The number of thiazole rings is 1. The summed E-state index contributed by atoms with van der Waals surface area (Å²) in [5, 5.41) is 8.87. The number of aromatic carboxylic acids is 1. The van der Waals surface area contributed by atoms with Crippen LogP contribution in [0.4, 0.5) is 0 Å². The second-order valence-electron chi connectivity index (χ2n) is 2.57. The second kappa shape index (κ2) is 3.92. The second-order valence-corrected chi connectivity index (χ2v) is 3.84. The number of nitrogens with zero attached hydrogens (tertiary/aromatic N) is 3. The molecule has 0 aromatic carbocycles. The minimum atomic E-state index is -1.13. The van der Waals surface area contributed by atoms with E-state index >= 15 is 0 Å². The zero-order valence-corrected chi connectivity index (χ0v) is 8.79. The van der Waals surface area contributed by atoms with E-state index < -0.39 is 5.97 Å². The smallest absolute Gasteiger partial charge is 0.354 e. The summed E-state index contributed by atoms with van der Waals surface area (Å²) in [4.78, 5) is 23.0. The highest BCUT2D eigenvalue weighted by Crippen LogP contribution is 2.21. The van der Waals surface area contributed by atoms with Gasteiger partial charge in [0, 0.05) is 12.3 Å². The molecule has 7 heteroatoms. The van der Waals surface area contributed by atoms with E-state index in [4.69, 9.17) is 16.7 Å². The van der Waals surface area contributed by atoms with Gasteiger partial charge >= 0.3 is 5.97 Å². The Kier molecular flexibility index (Phi) is 2.61. The molecule has 0 unspecified atom stereocenters. The van der Waals surface area contributed by atoms with Gasteiger partial charge in [0.1, 0.15) is 5.15 Å². The Morgan fingerprint density at radius 3 is 2.87 bits per heavy atom. The van der Waals surface area contributed by atoms with Gasteiger partial charge in [-0.1, -0.05) is 11.6 Å². The first-order valence-corrected chi connectivity index (χ1v) is 5.09. The standard InChI is InChI=1S/C8H4ClN3O2S/c9-6-1-4(8(13)14)11-7(12-6)5-2-10-3-15-5/h1-3H,(H,13,14). The molecule has 0 aliphatic carbocycles. The van der Waals surface area contributed by atoms with Crippen molar-refractivity contribution in [3.63, 3.8) is 0 Å². The van der Waals surface area contributed by atoms with Gasteiger partial charge in [-0.2, -0.15) is 0 Å². The lowest BCUT2D eigenvalue weighted by atomic mass is 10.4. The third-order valence-electron chi connectivity index (χ3n) is 1.57. The van der Waals surface area contributed by atoms with Crippen molar-refractivity contribution in [1.29, 1.82) is 0 Å². The Bertz CT molecular complexity index is 501. The first kappa shape index (κ1) is 10.0. The van der Waals surface area contributed by atoms with E-state index in [1.165, 1.54) is 17.4 Å². The van der Waals surface area contributed by atoms with Gasteiger partial charge in [-0.25, -0.2) is 14.8 Å². The van der Waals surface area contributed by atoms with E-state index in [0.29, 0.717) is 4.88 Å². The van der Waals surface area contributed by atoms with Crippen LogP contribution in [0.1, 0.15) is 10.5 Å². The topological polar surface area (TPSA) is 76.0 Å². The molecular weight excluding hydrogens is 238 g/mol. The number of aromatic nitrogens is 3. The monoisotopic (exact) mass is 241 g/mol. The molecule has 0 saturated heterocycles. The van der Waals surface area contributed by atoms with Crippen molar-refractivity contribution in [2.75, 3.05) is 0 Å². The molecule has 0 bridgehead atoms. The van der Waals surface area contributed by atoms with Gasteiger partial charge in [0.15, 0.2) is 11.5 Å². The van der Waals surface area contributed by atoms with Gasteiger partial charge in [0.25, 0.3) is 0 Å². The quantitative estimate of drug-likeness (QED) is 0.814. The van der Waals surface area contributed by atoms with Crippen LogP contribution < -0.4 is 0 Å². The van der Waals surface area contributed by atoms with Crippen LogP contribution in [0.15, 0.2) is 17.8 Å². The summed E-state index contributed by atoms with van der Waals surface area (Å²) in [6.45, 7) is 0. The summed E-state index contributed by atoms with van der Waals surface area (Å²) in [6, 6.07) is 1.20. The average molecular weight is 242 g/mol. The zero-order chi connectivity index (χ0) is 10.8. The first-order valence-electron chi connectivity index (χ1n) is 3.83. The summed E-state index contributed by atoms with van der Waals surface area (Å²) in [5.41, 5.74) is 1.48. The van der Waals surface area contributed by atoms with Gasteiger partial charge < -0.3 is 5.11 Å². The number of rotatable bonds is 2. The van der Waals surface area contributed by atoms with Crippen LogP contribution in [0.2, 0.25) is 5.15 Å². The lowest BCUT2D eigenvalue weighted by Crippen LogP contribution is -2.02. The highest BCUT2D eigenvalue weighted by molar-refractivity contribution is 7.13.